The molecule has 0 bridgehead atoms. The van der Waals surface area contributed by atoms with Gasteiger partial charge in [0.2, 0.25) is 0 Å². The third-order valence-corrected chi connectivity index (χ3v) is 3.32. The summed E-state index contributed by atoms with van der Waals surface area (Å²) in [5.41, 5.74) is 1.03. The number of hydrogen-bond acceptors (Lipinski definition) is 3. The Morgan fingerprint density at radius 1 is 1.45 bits per heavy atom. The Labute approximate surface area is 116 Å². The van der Waals surface area contributed by atoms with Crippen molar-refractivity contribution in [3.63, 3.8) is 0 Å². The Bertz CT molecular complexity index is 533. The number of nitrogens with one attached hydrogen (secondary N) is 1. The molecule has 0 spiro atoms. The first kappa shape index (κ1) is 14.5. The second-order valence-electron chi connectivity index (χ2n) is 4.68. The summed E-state index contributed by atoms with van der Waals surface area (Å²) in [6.07, 6.45) is -0.674. The molecule has 1 aliphatic rings. The van der Waals surface area contributed by atoms with Crippen LogP contribution >= 0.6 is 0 Å². The quantitative estimate of drug-likeness (QED) is 0.868. The van der Waals surface area contributed by atoms with E-state index in [-0.39, 0.29) is 25.0 Å². The number of rotatable bonds is 2. The van der Waals surface area contributed by atoms with Crippen LogP contribution in [0.1, 0.15) is 15.9 Å². The van der Waals surface area contributed by atoms with Crippen LogP contribution in [0, 0.1) is 12.7 Å². The fourth-order valence-corrected chi connectivity index (χ4v) is 2.15. The van der Waals surface area contributed by atoms with E-state index in [9.17, 15) is 14.0 Å². The number of aryl methyl sites for hydroxylation is 1. The summed E-state index contributed by atoms with van der Waals surface area (Å²) in [5.74, 6) is -0.993. The van der Waals surface area contributed by atoms with Gasteiger partial charge in [-0.15, -0.1) is 0 Å². The fraction of sp³-hybridized carbons (Fsp3) is 0.429. The van der Waals surface area contributed by atoms with Crippen LogP contribution < -0.4 is 5.32 Å². The van der Waals surface area contributed by atoms with Crippen LogP contribution in [-0.4, -0.2) is 49.6 Å². The molecule has 1 unspecified atom stereocenters. The van der Waals surface area contributed by atoms with Crippen LogP contribution in [-0.2, 0) is 9.53 Å². The Balaban J connectivity index is 2.16. The number of likely N-dealkylation sites (N-methyl/N-ethyl adjacent to an activating group) is 1. The highest BCUT2D eigenvalue weighted by molar-refractivity contribution is 5.96. The van der Waals surface area contributed by atoms with Crippen molar-refractivity contribution in [1.29, 1.82) is 0 Å². The molecule has 2 rings (SSSR count). The molecule has 1 heterocycles. The lowest BCUT2D eigenvalue weighted by Gasteiger charge is -2.32. The van der Waals surface area contributed by atoms with Gasteiger partial charge in [-0.05, 0) is 24.6 Å². The molecule has 1 aromatic rings. The van der Waals surface area contributed by atoms with E-state index < -0.39 is 11.9 Å². The van der Waals surface area contributed by atoms with Gasteiger partial charge >= 0.3 is 0 Å². The van der Waals surface area contributed by atoms with E-state index in [1.807, 2.05) is 0 Å². The zero-order valence-corrected chi connectivity index (χ0v) is 11.5. The fourth-order valence-electron chi connectivity index (χ4n) is 2.15. The molecule has 0 saturated carbocycles. The lowest BCUT2D eigenvalue weighted by atomic mass is 10.1. The maximum atomic E-state index is 13.3. The van der Waals surface area contributed by atoms with Crippen molar-refractivity contribution in [2.45, 2.75) is 13.0 Å². The third-order valence-electron chi connectivity index (χ3n) is 3.32. The number of benzene rings is 1. The van der Waals surface area contributed by atoms with Crippen LogP contribution in [0.4, 0.5) is 4.39 Å². The lowest BCUT2D eigenvalue weighted by molar-refractivity contribution is -0.136. The minimum Gasteiger partial charge on any atom is -0.365 e. The van der Waals surface area contributed by atoms with E-state index in [0.29, 0.717) is 17.7 Å². The Morgan fingerprint density at radius 2 is 2.20 bits per heavy atom. The summed E-state index contributed by atoms with van der Waals surface area (Å²) in [5, 5.41) is 2.49. The van der Waals surface area contributed by atoms with Gasteiger partial charge in [0, 0.05) is 19.2 Å². The molecule has 1 fully saturated rings. The zero-order valence-electron chi connectivity index (χ0n) is 11.5. The molecule has 1 aliphatic heterocycles. The van der Waals surface area contributed by atoms with Crippen molar-refractivity contribution < 1.29 is 18.7 Å². The van der Waals surface area contributed by atoms with Crippen LogP contribution in [0.2, 0.25) is 0 Å². The number of morpholine rings is 1. The average molecular weight is 280 g/mol. The molecule has 108 valence electrons. The zero-order chi connectivity index (χ0) is 14.7. The van der Waals surface area contributed by atoms with Crippen molar-refractivity contribution >= 4 is 11.8 Å². The lowest BCUT2D eigenvalue weighted by Crippen LogP contribution is -2.51. The standard InChI is InChI=1S/C14H17FN2O3/c1-9-3-4-10(15)7-11(9)14(19)17-5-6-20-12(8-17)13(18)16-2/h3-4,7,12H,5-6,8H2,1-2H3,(H,16,18). The van der Waals surface area contributed by atoms with Gasteiger partial charge in [0.15, 0.2) is 6.10 Å². The number of halogens is 1. The molecular formula is C14H17FN2O3. The predicted octanol–water partition coefficient (Wildman–Crippen LogP) is 0.721. The van der Waals surface area contributed by atoms with Crippen LogP contribution in [0.5, 0.6) is 0 Å². The van der Waals surface area contributed by atoms with Gasteiger partial charge in [-0.1, -0.05) is 6.07 Å². The van der Waals surface area contributed by atoms with Crippen LogP contribution in [0.3, 0.4) is 0 Å². The molecule has 0 radical (unpaired) electrons. The second-order valence-corrected chi connectivity index (χ2v) is 4.68. The summed E-state index contributed by atoms with van der Waals surface area (Å²) in [7, 11) is 1.52. The van der Waals surface area contributed by atoms with Gasteiger partial charge in [-0.3, -0.25) is 9.59 Å². The molecule has 2 amide bonds. The van der Waals surface area contributed by atoms with E-state index in [1.54, 1.807) is 13.0 Å². The minimum absolute atomic E-state index is 0.175. The first-order valence-electron chi connectivity index (χ1n) is 6.41. The first-order valence-corrected chi connectivity index (χ1v) is 6.41. The Kier molecular flexibility index (Phi) is 4.34. The molecule has 1 aromatic carbocycles. The first-order chi connectivity index (χ1) is 9.52. The van der Waals surface area contributed by atoms with Crippen molar-refractivity contribution in [3.8, 4) is 0 Å². The number of amides is 2. The summed E-state index contributed by atoms with van der Waals surface area (Å²) in [6, 6.07) is 4.11. The van der Waals surface area contributed by atoms with Crippen molar-refractivity contribution in [2.24, 2.45) is 0 Å². The van der Waals surface area contributed by atoms with Gasteiger partial charge in [-0.2, -0.15) is 0 Å². The molecule has 5 nitrogen and oxygen atoms in total. The van der Waals surface area contributed by atoms with Crippen molar-refractivity contribution in [1.82, 2.24) is 10.2 Å². The van der Waals surface area contributed by atoms with E-state index in [4.69, 9.17) is 4.74 Å². The normalized spacial score (nSPS) is 18.8. The molecule has 1 N–H and O–H groups in total. The highest BCUT2D eigenvalue weighted by Crippen LogP contribution is 2.15. The maximum absolute atomic E-state index is 13.3. The van der Waals surface area contributed by atoms with E-state index in [1.165, 1.54) is 24.1 Å². The van der Waals surface area contributed by atoms with Gasteiger partial charge in [0.1, 0.15) is 5.82 Å². The number of ether oxygens (including phenoxy) is 1. The van der Waals surface area contributed by atoms with Crippen molar-refractivity contribution in [3.05, 3.63) is 35.1 Å². The average Bonchev–Trinajstić information content (AvgIpc) is 2.48. The molecule has 6 heteroatoms. The smallest absolute Gasteiger partial charge is 0.254 e. The molecule has 0 aliphatic carbocycles. The van der Waals surface area contributed by atoms with Gasteiger partial charge in [-0.25, -0.2) is 4.39 Å². The number of hydrogen-bond donors (Lipinski definition) is 1. The van der Waals surface area contributed by atoms with E-state index in [0.717, 1.165) is 0 Å². The topological polar surface area (TPSA) is 58.6 Å². The van der Waals surface area contributed by atoms with Gasteiger partial charge in [0.25, 0.3) is 11.8 Å². The second kappa shape index (κ2) is 6.00. The number of carbonyl (C=O) groups excluding carboxylic acids is 2. The van der Waals surface area contributed by atoms with Gasteiger partial charge < -0.3 is 15.0 Å². The summed E-state index contributed by atoms with van der Waals surface area (Å²) in [4.78, 5) is 25.5. The van der Waals surface area contributed by atoms with Crippen molar-refractivity contribution in [2.75, 3.05) is 26.7 Å². The highest BCUT2D eigenvalue weighted by atomic mass is 19.1. The summed E-state index contributed by atoms with van der Waals surface area (Å²) < 4.78 is 18.6. The number of nitrogens with zero attached hydrogens (tertiary/aromatic N) is 1. The van der Waals surface area contributed by atoms with Gasteiger partial charge in [0.05, 0.1) is 13.2 Å². The van der Waals surface area contributed by atoms with Crippen LogP contribution in [0.15, 0.2) is 18.2 Å². The number of carbonyl (C=O) groups is 2. The minimum atomic E-state index is -0.674. The molecule has 1 saturated heterocycles. The molecular weight excluding hydrogens is 263 g/mol. The van der Waals surface area contributed by atoms with E-state index >= 15 is 0 Å². The Morgan fingerprint density at radius 3 is 2.90 bits per heavy atom. The monoisotopic (exact) mass is 280 g/mol. The van der Waals surface area contributed by atoms with Crippen LogP contribution in [0.25, 0.3) is 0 Å². The molecule has 1 atom stereocenters. The summed E-state index contributed by atoms with van der Waals surface area (Å²) >= 11 is 0. The maximum Gasteiger partial charge on any atom is 0.254 e. The largest absolute Gasteiger partial charge is 0.365 e. The SMILES string of the molecule is CNC(=O)C1CN(C(=O)c2cc(F)ccc2C)CCO1. The molecule has 0 aromatic heterocycles. The third kappa shape index (κ3) is 2.96. The molecule has 20 heavy (non-hydrogen) atoms. The predicted molar refractivity (Wildman–Crippen MR) is 70.8 cm³/mol. The summed E-state index contributed by atoms with van der Waals surface area (Å²) in [6.45, 7) is 2.61. The Hall–Kier alpha value is -1.95. The van der Waals surface area contributed by atoms with E-state index in [2.05, 4.69) is 5.32 Å². The highest BCUT2D eigenvalue weighted by Gasteiger charge is 2.29.